The van der Waals surface area contributed by atoms with Crippen molar-refractivity contribution in [1.82, 2.24) is 9.78 Å². The lowest BCUT2D eigenvalue weighted by atomic mass is 10.1. The van der Waals surface area contributed by atoms with Crippen molar-refractivity contribution in [1.29, 1.82) is 0 Å². The van der Waals surface area contributed by atoms with Crippen LogP contribution in [0.3, 0.4) is 0 Å². The molecule has 88 valence electrons. The minimum atomic E-state index is 1.14. The Kier molecular flexibility index (Phi) is 6.93. The van der Waals surface area contributed by atoms with Gasteiger partial charge in [-0.25, -0.2) is 0 Å². The molecule has 1 aromatic heterocycles. The molecule has 0 aliphatic rings. The molecule has 0 unspecified atom stereocenters. The Labute approximate surface area is 99.0 Å². The van der Waals surface area contributed by atoms with Gasteiger partial charge >= 0.3 is 0 Å². The average molecular weight is 218 g/mol. The van der Waals surface area contributed by atoms with Crippen LogP contribution in [0.5, 0.6) is 0 Å². The molecule has 1 rings (SSSR count). The van der Waals surface area contributed by atoms with Crippen LogP contribution in [0.15, 0.2) is 42.8 Å². The van der Waals surface area contributed by atoms with Gasteiger partial charge in [0.25, 0.3) is 0 Å². The van der Waals surface area contributed by atoms with Crippen LogP contribution in [-0.2, 0) is 7.05 Å². The van der Waals surface area contributed by atoms with E-state index in [9.17, 15) is 0 Å². The van der Waals surface area contributed by atoms with Gasteiger partial charge in [0.15, 0.2) is 0 Å². The number of hydrogen-bond acceptors (Lipinski definition) is 1. The van der Waals surface area contributed by atoms with Crippen LogP contribution >= 0.6 is 0 Å². The third-order valence-corrected chi connectivity index (χ3v) is 2.05. The summed E-state index contributed by atoms with van der Waals surface area (Å²) in [5.74, 6) is 0. The molecule has 0 amide bonds. The normalized spacial score (nSPS) is 11.8. The van der Waals surface area contributed by atoms with Crippen molar-refractivity contribution in [3.63, 3.8) is 0 Å². The van der Waals surface area contributed by atoms with Crippen molar-refractivity contribution in [3.05, 3.63) is 48.3 Å². The number of hydrogen-bond donors (Lipinski definition) is 0. The second kappa shape index (κ2) is 7.69. The van der Waals surface area contributed by atoms with Crippen molar-refractivity contribution >= 4 is 5.57 Å². The smallest absolute Gasteiger partial charge is 0.0568 e. The predicted molar refractivity (Wildman–Crippen MR) is 72.2 cm³/mol. The highest BCUT2D eigenvalue weighted by atomic mass is 15.2. The van der Waals surface area contributed by atoms with Gasteiger partial charge in [0.2, 0.25) is 0 Å². The van der Waals surface area contributed by atoms with Crippen LogP contribution in [0.1, 0.15) is 33.3 Å². The summed E-state index contributed by atoms with van der Waals surface area (Å²) >= 11 is 0. The highest BCUT2D eigenvalue weighted by molar-refractivity contribution is 5.74. The molecule has 1 heterocycles. The molecule has 0 radical (unpaired) electrons. The van der Waals surface area contributed by atoms with Gasteiger partial charge in [0.1, 0.15) is 0 Å². The molecule has 0 saturated carbocycles. The van der Waals surface area contributed by atoms with E-state index in [0.717, 1.165) is 11.1 Å². The standard InChI is InChI=1S/C12H16N2.C2H6/c1-5-10(3)7-11(6-2)12-8-13-14(4)9-12;1-2/h5-9H,1H2,2-4H3;1-2H3/b10-7-,11-6+;. The molecule has 0 aliphatic heterocycles. The maximum Gasteiger partial charge on any atom is 0.0568 e. The van der Waals surface area contributed by atoms with Crippen LogP contribution in [-0.4, -0.2) is 9.78 Å². The minimum Gasteiger partial charge on any atom is -0.275 e. The molecule has 1 aromatic rings. The average Bonchev–Trinajstić information content (AvgIpc) is 2.75. The molecule has 0 atom stereocenters. The Morgan fingerprint density at radius 2 is 2.06 bits per heavy atom. The van der Waals surface area contributed by atoms with Gasteiger partial charge in [-0.2, -0.15) is 5.10 Å². The lowest BCUT2D eigenvalue weighted by Crippen LogP contribution is -1.84. The summed E-state index contributed by atoms with van der Waals surface area (Å²) in [6.45, 7) is 11.8. The maximum absolute atomic E-state index is 4.14. The van der Waals surface area contributed by atoms with Crippen molar-refractivity contribution in [2.45, 2.75) is 27.7 Å². The predicted octanol–water partition coefficient (Wildman–Crippen LogP) is 3.98. The number of rotatable bonds is 3. The summed E-state index contributed by atoms with van der Waals surface area (Å²) < 4.78 is 1.80. The first-order valence-corrected chi connectivity index (χ1v) is 5.63. The lowest BCUT2D eigenvalue weighted by molar-refractivity contribution is 0.767. The topological polar surface area (TPSA) is 17.8 Å². The molecular weight excluding hydrogens is 196 g/mol. The van der Waals surface area contributed by atoms with E-state index in [0.29, 0.717) is 0 Å². The molecule has 2 heteroatoms. The highest BCUT2D eigenvalue weighted by Crippen LogP contribution is 2.16. The van der Waals surface area contributed by atoms with Gasteiger partial charge in [-0.05, 0) is 19.4 Å². The minimum absolute atomic E-state index is 1.14. The Bertz CT molecular complexity index is 381. The van der Waals surface area contributed by atoms with Gasteiger partial charge in [-0.15, -0.1) is 0 Å². The quantitative estimate of drug-likeness (QED) is 0.702. The van der Waals surface area contributed by atoms with E-state index in [1.54, 1.807) is 4.68 Å². The van der Waals surface area contributed by atoms with E-state index in [1.165, 1.54) is 5.57 Å². The lowest BCUT2D eigenvalue weighted by Gasteiger charge is -1.98. The number of allylic oxidation sites excluding steroid dienone is 5. The highest BCUT2D eigenvalue weighted by Gasteiger charge is 1.99. The number of nitrogens with zero attached hydrogens (tertiary/aromatic N) is 2. The van der Waals surface area contributed by atoms with Gasteiger partial charge < -0.3 is 0 Å². The summed E-state index contributed by atoms with van der Waals surface area (Å²) in [5.41, 5.74) is 3.47. The molecule has 0 bridgehead atoms. The fraction of sp³-hybridized carbons (Fsp3) is 0.357. The monoisotopic (exact) mass is 218 g/mol. The van der Waals surface area contributed by atoms with E-state index >= 15 is 0 Å². The van der Waals surface area contributed by atoms with Gasteiger partial charge in [0, 0.05) is 18.8 Å². The molecule has 0 spiro atoms. The first kappa shape index (κ1) is 14.4. The van der Waals surface area contributed by atoms with Crippen LogP contribution in [0.4, 0.5) is 0 Å². The summed E-state index contributed by atoms with van der Waals surface area (Å²) in [6.07, 6.45) is 9.89. The van der Waals surface area contributed by atoms with Crippen molar-refractivity contribution < 1.29 is 0 Å². The van der Waals surface area contributed by atoms with E-state index in [-0.39, 0.29) is 0 Å². The summed E-state index contributed by atoms with van der Waals surface area (Å²) in [6, 6.07) is 0. The van der Waals surface area contributed by atoms with Crippen LogP contribution in [0.2, 0.25) is 0 Å². The zero-order chi connectivity index (χ0) is 12.6. The molecule has 0 aliphatic carbocycles. The summed E-state index contributed by atoms with van der Waals surface area (Å²) in [5, 5.41) is 4.14. The number of aryl methyl sites for hydroxylation is 1. The van der Waals surface area contributed by atoms with Crippen LogP contribution in [0.25, 0.3) is 5.57 Å². The van der Waals surface area contributed by atoms with E-state index in [2.05, 4.69) is 23.8 Å². The molecule has 2 nitrogen and oxygen atoms in total. The van der Waals surface area contributed by atoms with Gasteiger partial charge in [-0.3, -0.25) is 4.68 Å². The third kappa shape index (κ3) is 4.30. The van der Waals surface area contributed by atoms with Crippen molar-refractivity contribution in [2.75, 3.05) is 0 Å². The Hall–Kier alpha value is -1.57. The molecule has 0 saturated heterocycles. The summed E-state index contributed by atoms with van der Waals surface area (Å²) in [4.78, 5) is 0. The van der Waals surface area contributed by atoms with E-state index < -0.39 is 0 Å². The molecule has 16 heavy (non-hydrogen) atoms. The first-order chi connectivity index (χ1) is 7.67. The number of aromatic nitrogens is 2. The third-order valence-electron chi connectivity index (χ3n) is 2.05. The largest absolute Gasteiger partial charge is 0.275 e. The fourth-order valence-corrected chi connectivity index (χ4v) is 1.21. The Morgan fingerprint density at radius 3 is 2.44 bits per heavy atom. The molecular formula is C14H22N2. The zero-order valence-electron chi connectivity index (χ0n) is 11.0. The van der Waals surface area contributed by atoms with Crippen molar-refractivity contribution in [2.24, 2.45) is 7.05 Å². The van der Waals surface area contributed by atoms with Crippen molar-refractivity contribution in [3.8, 4) is 0 Å². The SMILES string of the molecule is C=C/C(C)=C\C(=C/C)c1cnn(C)c1.CC. The second-order valence-electron chi connectivity index (χ2n) is 3.24. The molecule has 0 fully saturated rings. The van der Waals surface area contributed by atoms with E-state index in [1.807, 2.05) is 53.2 Å². The van der Waals surface area contributed by atoms with Gasteiger partial charge in [0.05, 0.1) is 6.20 Å². The van der Waals surface area contributed by atoms with Gasteiger partial charge in [-0.1, -0.05) is 44.2 Å². The maximum atomic E-state index is 4.14. The summed E-state index contributed by atoms with van der Waals surface area (Å²) in [7, 11) is 1.92. The van der Waals surface area contributed by atoms with Crippen LogP contribution < -0.4 is 0 Å². The fourth-order valence-electron chi connectivity index (χ4n) is 1.21. The second-order valence-corrected chi connectivity index (χ2v) is 3.24. The molecule has 0 N–H and O–H groups in total. The molecule has 0 aromatic carbocycles. The van der Waals surface area contributed by atoms with E-state index in [4.69, 9.17) is 0 Å². The zero-order valence-corrected chi connectivity index (χ0v) is 11.0. The first-order valence-electron chi connectivity index (χ1n) is 5.63. The van der Waals surface area contributed by atoms with Crippen LogP contribution in [0, 0.1) is 0 Å². The Morgan fingerprint density at radius 1 is 1.44 bits per heavy atom. The Balaban J connectivity index is 0.00000106.